The third-order valence-electron chi connectivity index (χ3n) is 3.93. The molecule has 0 spiro atoms. The predicted molar refractivity (Wildman–Crippen MR) is 67.1 cm³/mol. The maximum absolute atomic E-state index is 3.58. The van der Waals surface area contributed by atoms with E-state index in [0.29, 0.717) is 12.1 Å². The molecule has 1 aliphatic carbocycles. The molecule has 1 fully saturated rings. The van der Waals surface area contributed by atoms with Gasteiger partial charge in [0.2, 0.25) is 0 Å². The largest absolute Gasteiger partial charge is 0.313 e. The molecule has 0 aromatic rings. The summed E-state index contributed by atoms with van der Waals surface area (Å²) < 4.78 is 0. The second-order valence-electron chi connectivity index (χ2n) is 5.48. The summed E-state index contributed by atoms with van der Waals surface area (Å²) in [5.74, 6) is 1.95. The van der Waals surface area contributed by atoms with Crippen LogP contribution in [0, 0.1) is 11.8 Å². The van der Waals surface area contributed by atoms with E-state index in [-0.39, 0.29) is 0 Å². The Bertz CT molecular complexity index is 181. The summed E-state index contributed by atoms with van der Waals surface area (Å²) in [6.45, 7) is 11.6. The molecule has 0 aromatic carbocycles. The molecule has 1 N–H and O–H groups in total. The van der Waals surface area contributed by atoms with Crippen LogP contribution in [0.1, 0.15) is 40.5 Å². The molecule has 0 amide bonds. The van der Waals surface area contributed by atoms with Crippen molar-refractivity contribution < 1.29 is 0 Å². The lowest BCUT2D eigenvalue weighted by Crippen LogP contribution is -2.41. The zero-order valence-corrected chi connectivity index (χ0v) is 11.1. The highest BCUT2D eigenvalue weighted by molar-refractivity contribution is 4.85. The van der Waals surface area contributed by atoms with Crippen LogP contribution < -0.4 is 5.32 Å². The molecule has 15 heavy (non-hydrogen) atoms. The maximum Gasteiger partial charge on any atom is 0.0189 e. The third kappa shape index (κ3) is 4.52. The first-order chi connectivity index (χ1) is 7.04. The van der Waals surface area contributed by atoms with Crippen molar-refractivity contribution in [2.24, 2.45) is 11.8 Å². The lowest BCUT2D eigenvalue weighted by Gasteiger charge is -2.26. The van der Waals surface area contributed by atoms with Crippen molar-refractivity contribution >= 4 is 0 Å². The Balaban J connectivity index is 2.12. The average molecular weight is 212 g/mol. The van der Waals surface area contributed by atoms with E-state index in [1.165, 1.54) is 19.4 Å². The third-order valence-corrected chi connectivity index (χ3v) is 3.93. The van der Waals surface area contributed by atoms with Crippen molar-refractivity contribution in [1.82, 2.24) is 10.2 Å². The molecule has 1 aliphatic rings. The van der Waals surface area contributed by atoms with E-state index in [0.717, 1.165) is 18.4 Å². The SMILES string of the molecule is CCC(C)NCC(C)N(C)CC1CC1C. The van der Waals surface area contributed by atoms with E-state index in [2.05, 4.69) is 45.0 Å². The van der Waals surface area contributed by atoms with Gasteiger partial charge in [-0.05, 0) is 45.6 Å². The fourth-order valence-corrected chi connectivity index (χ4v) is 1.88. The summed E-state index contributed by atoms with van der Waals surface area (Å²) in [4.78, 5) is 2.50. The molecule has 0 heterocycles. The summed E-state index contributed by atoms with van der Waals surface area (Å²) in [6.07, 6.45) is 2.66. The fraction of sp³-hybridized carbons (Fsp3) is 1.00. The van der Waals surface area contributed by atoms with E-state index >= 15 is 0 Å². The zero-order chi connectivity index (χ0) is 11.4. The molecule has 2 nitrogen and oxygen atoms in total. The number of likely N-dealkylation sites (N-methyl/N-ethyl adjacent to an activating group) is 1. The van der Waals surface area contributed by atoms with E-state index in [1.807, 2.05) is 0 Å². The Hall–Kier alpha value is -0.0800. The quantitative estimate of drug-likeness (QED) is 0.697. The minimum absolute atomic E-state index is 0.653. The monoisotopic (exact) mass is 212 g/mol. The number of hydrogen-bond acceptors (Lipinski definition) is 2. The molecular formula is C13H28N2. The molecular weight excluding hydrogens is 184 g/mol. The first-order valence-corrected chi connectivity index (χ1v) is 6.48. The summed E-state index contributed by atoms with van der Waals surface area (Å²) in [7, 11) is 2.26. The Labute approximate surface area is 95.4 Å². The minimum atomic E-state index is 0.653. The van der Waals surface area contributed by atoms with Gasteiger partial charge in [-0.2, -0.15) is 0 Å². The van der Waals surface area contributed by atoms with Crippen molar-refractivity contribution in [3.05, 3.63) is 0 Å². The maximum atomic E-state index is 3.58. The summed E-state index contributed by atoms with van der Waals surface area (Å²) in [5, 5.41) is 3.58. The minimum Gasteiger partial charge on any atom is -0.313 e. The smallest absolute Gasteiger partial charge is 0.0189 e. The van der Waals surface area contributed by atoms with Gasteiger partial charge in [-0.3, -0.25) is 0 Å². The number of nitrogens with zero attached hydrogens (tertiary/aromatic N) is 1. The molecule has 1 saturated carbocycles. The molecule has 2 heteroatoms. The molecule has 90 valence electrons. The van der Waals surface area contributed by atoms with Gasteiger partial charge in [-0.15, -0.1) is 0 Å². The Morgan fingerprint density at radius 3 is 2.47 bits per heavy atom. The second-order valence-corrected chi connectivity index (χ2v) is 5.48. The van der Waals surface area contributed by atoms with Crippen LogP contribution in [0.2, 0.25) is 0 Å². The van der Waals surface area contributed by atoms with Gasteiger partial charge in [0.1, 0.15) is 0 Å². The normalized spacial score (nSPS) is 29.2. The lowest BCUT2D eigenvalue weighted by atomic mass is 10.2. The standard InChI is InChI=1S/C13H28N2/c1-6-11(3)14-8-12(4)15(5)9-13-7-10(13)2/h10-14H,6-9H2,1-5H3. The molecule has 0 radical (unpaired) electrons. The van der Waals surface area contributed by atoms with Crippen LogP contribution in [0.4, 0.5) is 0 Å². The van der Waals surface area contributed by atoms with Crippen LogP contribution in [-0.4, -0.2) is 37.1 Å². The van der Waals surface area contributed by atoms with Gasteiger partial charge in [-0.25, -0.2) is 0 Å². The molecule has 0 saturated heterocycles. The van der Waals surface area contributed by atoms with E-state index in [9.17, 15) is 0 Å². The average Bonchev–Trinajstić information content (AvgIpc) is 2.89. The van der Waals surface area contributed by atoms with Crippen molar-refractivity contribution in [2.75, 3.05) is 20.1 Å². The number of rotatable bonds is 7. The van der Waals surface area contributed by atoms with Gasteiger partial charge in [0.25, 0.3) is 0 Å². The molecule has 4 atom stereocenters. The van der Waals surface area contributed by atoms with Crippen molar-refractivity contribution in [1.29, 1.82) is 0 Å². The van der Waals surface area contributed by atoms with E-state index < -0.39 is 0 Å². The molecule has 0 bridgehead atoms. The van der Waals surface area contributed by atoms with Crippen LogP contribution >= 0.6 is 0 Å². The molecule has 4 unspecified atom stereocenters. The molecule has 0 aromatic heterocycles. The van der Waals surface area contributed by atoms with Crippen molar-refractivity contribution in [2.45, 2.75) is 52.6 Å². The van der Waals surface area contributed by atoms with Gasteiger partial charge < -0.3 is 10.2 Å². The first kappa shape index (κ1) is 13.0. The second kappa shape index (κ2) is 5.86. The predicted octanol–water partition coefficient (Wildman–Crippen LogP) is 2.35. The Kier molecular flexibility index (Phi) is 5.07. The lowest BCUT2D eigenvalue weighted by molar-refractivity contribution is 0.233. The van der Waals surface area contributed by atoms with E-state index in [4.69, 9.17) is 0 Å². The summed E-state index contributed by atoms with van der Waals surface area (Å²) >= 11 is 0. The summed E-state index contributed by atoms with van der Waals surface area (Å²) in [5.41, 5.74) is 0. The van der Waals surface area contributed by atoms with Crippen LogP contribution in [0.25, 0.3) is 0 Å². The van der Waals surface area contributed by atoms with Crippen LogP contribution in [0.15, 0.2) is 0 Å². The van der Waals surface area contributed by atoms with Crippen molar-refractivity contribution in [3.63, 3.8) is 0 Å². The number of nitrogens with one attached hydrogen (secondary N) is 1. The Morgan fingerprint density at radius 1 is 1.40 bits per heavy atom. The van der Waals surface area contributed by atoms with Gasteiger partial charge >= 0.3 is 0 Å². The molecule has 1 rings (SSSR count). The first-order valence-electron chi connectivity index (χ1n) is 6.48. The van der Waals surface area contributed by atoms with Crippen molar-refractivity contribution in [3.8, 4) is 0 Å². The van der Waals surface area contributed by atoms with Gasteiger partial charge in [-0.1, -0.05) is 13.8 Å². The van der Waals surface area contributed by atoms with Gasteiger partial charge in [0, 0.05) is 25.2 Å². The summed E-state index contributed by atoms with van der Waals surface area (Å²) in [6, 6.07) is 1.31. The van der Waals surface area contributed by atoms with E-state index in [1.54, 1.807) is 0 Å². The topological polar surface area (TPSA) is 15.3 Å². The zero-order valence-electron chi connectivity index (χ0n) is 11.1. The highest BCUT2D eigenvalue weighted by Crippen LogP contribution is 2.38. The fourth-order valence-electron chi connectivity index (χ4n) is 1.88. The number of hydrogen-bond donors (Lipinski definition) is 1. The highest BCUT2D eigenvalue weighted by Gasteiger charge is 2.33. The van der Waals surface area contributed by atoms with Gasteiger partial charge in [0.15, 0.2) is 0 Å². The Morgan fingerprint density at radius 2 is 2.00 bits per heavy atom. The highest BCUT2D eigenvalue weighted by atomic mass is 15.2. The van der Waals surface area contributed by atoms with Crippen LogP contribution in [0.3, 0.4) is 0 Å². The molecule has 0 aliphatic heterocycles. The van der Waals surface area contributed by atoms with Gasteiger partial charge in [0.05, 0.1) is 0 Å². The van der Waals surface area contributed by atoms with Crippen LogP contribution in [0.5, 0.6) is 0 Å². The van der Waals surface area contributed by atoms with Crippen LogP contribution in [-0.2, 0) is 0 Å².